The van der Waals surface area contributed by atoms with Gasteiger partial charge in [0.2, 0.25) is 0 Å². The van der Waals surface area contributed by atoms with Gasteiger partial charge in [-0.05, 0) is 38.5 Å². The monoisotopic (exact) mass is 182 g/mol. The molecule has 0 aromatic heterocycles. The molecule has 1 fully saturated rings. The standard InChI is InChI=1S/C12H22O/c1-10(2)8-12(6-7-13-3)9-11-4-5-11/h8,11-12H,4-7,9H2,1-3H3. The van der Waals surface area contributed by atoms with E-state index in [9.17, 15) is 0 Å². The Morgan fingerprint density at radius 1 is 1.46 bits per heavy atom. The zero-order valence-electron chi connectivity index (χ0n) is 9.18. The van der Waals surface area contributed by atoms with Crippen LogP contribution < -0.4 is 0 Å². The van der Waals surface area contributed by atoms with Gasteiger partial charge in [-0.3, -0.25) is 0 Å². The van der Waals surface area contributed by atoms with Gasteiger partial charge in [0.05, 0.1) is 0 Å². The third-order valence-electron chi connectivity index (χ3n) is 2.59. The van der Waals surface area contributed by atoms with E-state index in [2.05, 4.69) is 19.9 Å². The van der Waals surface area contributed by atoms with Gasteiger partial charge in [0.1, 0.15) is 0 Å². The molecule has 0 N–H and O–H groups in total. The molecule has 1 heteroatoms. The van der Waals surface area contributed by atoms with Crippen molar-refractivity contribution in [3.8, 4) is 0 Å². The van der Waals surface area contributed by atoms with Gasteiger partial charge < -0.3 is 4.74 Å². The molecular formula is C12H22O. The number of allylic oxidation sites excluding steroid dienone is 2. The van der Waals surface area contributed by atoms with E-state index in [1.165, 1.54) is 31.3 Å². The molecule has 0 heterocycles. The predicted octanol–water partition coefficient (Wildman–Crippen LogP) is 3.41. The largest absolute Gasteiger partial charge is 0.385 e. The Hall–Kier alpha value is -0.300. The third kappa shape index (κ3) is 5.09. The molecule has 0 aromatic rings. The molecule has 0 bridgehead atoms. The van der Waals surface area contributed by atoms with E-state index in [1.807, 2.05) is 0 Å². The van der Waals surface area contributed by atoms with Crippen LogP contribution in [0.1, 0.15) is 39.5 Å². The average molecular weight is 182 g/mol. The van der Waals surface area contributed by atoms with E-state index >= 15 is 0 Å². The number of rotatable bonds is 6. The molecule has 1 nitrogen and oxygen atoms in total. The normalized spacial score (nSPS) is 18.4. The van der Waals surface area contributed by atoms with Crippen LogP contribution in [-0.2, 0) is 4.74 Å². The maximum Gasteiger partial charge on any atom is 0.0467 e. The Morgan fingerprint density at radius 2 is 2.15 bits per heavy atom. The molecule has 0 aliphatic heterocycles. The molecule has 1 aliphatic rings. The summed E-state index contributed by atoms with van der Waals surface area (Å²) in [5.74, 6) is 1.79. The molecule has 76 valence electrons. The van der Waals surface area contributed by atoms with Gasteiger partial charge in [0, 0.05) is 13.7 Å². The van der Waals surface area contributed by atoms with Crippen LogP contribution in [0.5, 0.6) is 0 Å². The molecule has 0 aromatic carbocycles. The number of methoxy groups -OCH3 is 1. The zero-order chi connectivity index (χ0) is 9.68. The highest BCUT2D eigenvalue weighted by Crippen LogP contribution is 2.36. The van der Waals surface area contributed by atoms with Crippen LogP contribution in [-0.4, -0.2) is 13.7 Å². The Labute approximate surface area is 82.2 Å². The Bertz CT molecular complexity index is 164. The third-order valence-corrected chi connectivity index (χ3v) is 2.59. The first-order valence-corrected chi connectivity index (χ1v) is 5.36. The fraction of sp³-hybridized carbons (Fsp3) is 0.833. The molecule has 1 saturated carbocycles. The number of hydrogen-bond acceptors (Lipinski definition) is 1. The summed E-state index contributed by atoms with van der Waals surface area (Å²) in [5.41, 5.74) is 1.45. The minimum atomic E-state index is 0.762. The molecule has 1 unspecified atom stereocenters. The predicted molar refractivity (Wildman–Crippen MR) is 56.8 cm³/mol. The highest BCUT2D eigenvalue weighted by atomic mass is 16.5. The Balaban J connectivity index is 2.28. The van der Waals surface area contributed by atoms with Gasteiger partial charge in [-0.2, -0.15) is 0 Å². The van der Waals surface area contributed by atoms with Crippen LogP contribution in [0, 0.1) is 11.8 Å². The smallest absolute Gasteiger partial charge is 0.0467 e. The molecule has 1 rings (SSSR count). The van der Waals surface area contributed by atoms with Gasteiger partial charge in [0.25, 0.3) is 0 Å². The summed E-state index contributed by atoms with van der Waals surface area (Å²) >= 11 is 0. The van der Waals surface area contributed by atoms with Crippen molar-refractivity contribution < 1.29 is 4.74 Å². The zero-order valence-corrected chi connectivity index (χ0v) is 9.18. The van der Waals surface area contributed by atoms with Gasteiger partial charge in [-0.1, -0.05) is 24.5 Å². The quantitative estimate of drug-likeness (QED) is 0.572. The summed E-state index contributed by atoms with van der Waals surface area (Å²) < 4.78 is 5.13. The van der Waals surface area contributed by atoms with E-state index in [0.717, 1.165) is 18.4 Å². The van der Waals surface area contributed by atoms with Gasteiger partial charge >= 0.3 is 0 Å². The lowest BCUT2D eigenvalue weighted by molar-refractivity contribution is 0.181. The second-order valence-electron chi connectivity index (χ2n) is 4.46. The molecule has 1 atom stereocenters. The van der Waals surface area contributed by atoms with Crippen LogP contribution in [0.4, 0.5) is 0 Å². The number of ether oxygens (including phenoxy) is 1. The van der Waals surface area contributed by atoms with Gasteiger partial charge in [0.15, 0.2) is 0 Å². The van der Waals surface area contributed by atoms with Crippen LogP contribution in [0.25, 0.3) is 0 Å². The Morgan fingerprint density at radius 3 is 2.62 bits per heavy atom. The van der Waals surface area contributed by atoms with Gasteiger partial charge in [-0.25, -0.2) is 0 Å². The van der Waals surface area contributed by atoms with Gasteiger partial charge in [-0.15, -0.1) is 0 Å². The highest BCUT2D eigenvalue weighted by molar-refractivity contribution is 4.98. The molecule has 0 saturated heterocycles. The van der Waals surface area contributed by atoms with E-state index < -0.39 is 0 Å². The maximum absolute atomic E-state index is 5.13. The Kier molecular flexibility index (Phi) is 4.51. The maximum atomic E-state index is 5.13. The highest BCUT2D eigenvalue weighted by Gasteiger charge is 2.24. The first-order chi connectivity index (χ1) is 6.22. The van der Waals surface area contributed by atoms with E-state index in [1.54, 1.807) is 7.11 Å². The molecular weight excluding hydrogens is 160 g/mol. The molecule has 13 heavy (non-hydrogen) atoms. The minimum absolute atomic E-state index is 0.762. The lowest BCUT2D eigenvalue weighted by Crippen LogP contribution is -2.03. The van der Waals surface area contributed by atoms with Crippen molar-refractivity contribution in [1.29, 1.82) is 0 Å². The van der Waals surface area contributed by atoms with E-state index in [-0.39, 0.29) is 0 Å². The van der Waals surface area contributed by atoms with Crippen LogP contribution in [0.15, 0.2) is 11.6 Å². The fourth-order valence-electron chi connectivity index (χ4n) is 1.79. The second kappa shape index (κ2) is 5.43. The van der Waals surface area contributed by atoms with Crippen molar-refractivity contribution in [1.82, 2.24) is 0 Å². The summed E-state index contributed by atoms with van der Waals surface area (Å²) in [7, 11) is 1.79. The topological polar surface area (TPSA) is 9.23 Å². The van der Waals surface area contributed by atoms with Crippen molar-refractivity contribution in [2.24, 2.45) is 11.8 Å². The summed E-state index contributed by atoms with van der Waals surface area (Å²) in [4.78, 5) is 0. The molecule has 0 amide bonds. The second-order valence-corrected chi connectivity index (χ2v) is 4.46. The first kappa shape index (κ1) is 10.8. The lowest BCUT2D eigenvalue weighted by atomic mass is 9.96. The molecule has 0 spiro atoms. The average Bonchev–Trinajstić information content (AvgIpc) is 2.83. The first-order valence-electron chi connectivity index (χ1n) is 5.36. The molecule has 0 radical (unpaired) electrons. The summed E-state index contributed by atoms with van der Waals surface area (Å²) in [6.45, 7) is 5.28. The lowest BCUT2D eigenvalue weighted by Gasteiger charge is -2.12. The number of hydrogen-bond donors (Lipinski definition) is 0. The van der Waals surface area contributed by atoms with Crippen molar-refractivity contribution >= 4 is 0 Å². The minimum Gasteiger partial charge on any atom is -0.385 e. The molecule has 1 aliphatic carbocycles. The summed E-state index contributed by atoms with van der Waals surface area (Å²) in [5, 5.41) is 0. The van der Waals surface area contributed by atoms with Crippen LogP contribution in [0.2, 0.25) is 0 Å². The van der Waals surface area contributed by atoms with Crippen molar-refractivity contribution in [3.63, 3.8) is 0 Å². The van der Waals surface area contributed by atoms with E-state index in [4.69, 9.17) is 4.74 Å². The SMILES string of the molecule is COCCC(C=C(C)C)CC1CC1. The van der Waals surface area contributed by atoms with Crippen LogP contribution >= 0.6 is 0 Å². The van der Waals surface area contributed by atoms with Crippen molar-refractivity contribution in [2.75, 3.05) is 13.7 Å². The van der Waals surface area contributed by atoms with Crippen LogP contribution in [0.3, 0.4) is 0 Å². The fourth-order valence-corrected chi connectivity index (χ4v) is 1.79. The van der Waals surface area contributed by atoms with Crippen molar-refractivity contribution in [3.05, 3.63) is 11.6 Å². The summed E-state index contributed by atoms with van der Waals surface area (Å²) in [6, 6.07) is 0. The van der Waals surface area contributed by atoms with Crippen molar-refractivity contribution in [2.45, 2.75) is 39.5 Å². The van der Waals surface area contributed by atoms with E-state index in [0.29, 0.717) is 0 Å². The summed E-state index contributed by atoms with van der Waals surface area (Å²) in [6.07, 6.45) is 7.91.